The topological polar surface area (TPSA) is 15.3 Å². The maximum Gasteiger partial charge on any atom is 0.0349 e. The van der Waals surface area contributed by atoms with Crippen LogP contribution >= 0.6 is 0 Å². The Kier molecular flexibility index (Phi) is 2.73. The first-order valence-electron chi connectivity index (χ1n) is 6.88. The first kappa shape index (κ1) is 10.1. The number of hydrogen-bond acceptors (Lipinski definition) is 2. The highest BCUT2D eigenvalue weighted by molar-refractivity contribution is 5.05. The van der Waals surface area contributed by atoms with E-state index in [1.54, 1.807) is 0 Å². The van der Waals surface area contributed by atoms with E-state index in [4.69, 9.17) is 0 Å². The lowest BCUT2D eigenvalue weighted by atomic mass is 9.75. The highest BCUT2D eigenvalue weighted by Crippen LogP contribution is 2.41. The van der Waals surface area contributed by atoms with Crippen molar-refractivity contribution in [3.05, 3.63) is 0 Å². The molecule has 2 heteroatoms. The van der Waals surface area contributed by atoms with Crippen LogP contribution < -0.4 is 5.32 Å². The summed E-state index contributed by atoms with van der Waals surface area (Å²) in [4.78, 5) is 2.86. The predicted octanol–water partition coefficient (Wildman–Crippen LogP) is 2.15. The van der Waals surface area contributed by atoms with Crippen molar-refractivity contribution in [2.75, 3.05) is 19.6 Å². The third-order valence-corrected chi connectivity index (χ3v) is 4.89. The van der Waals surface area contributed by atoms with Gasteiger partial charge in [0.2, 0.25) is 0 Å². The van der Waals surface area contributed by atoms with Gasteiger partial charge in [-0.1, -0.05) is 19.3 Å². The van der Waals surface area contributed by atoms with Crippen LogP contribution in [0.5, 0.6) is 0 Å². The van der Waals surface area contributed by atoms with Crippen molar-refractivity contribution in [1.82, 2.24) is 10.2 Å². The van der Waals surface area contributed by atoms with Crippen molar-refractivity contribution in [2.45, 2.75) is 62.9 Å². The summed E-state index contributed by atoms with van der Waals surface area (Å²) in [5.41, 5.74) is 0.597. The fourth-order valence-corrected chi connectivity index (χ4v) is 3.93. The second-order valence-corrected chi connectivity index (χ2v) is 5.74. The third-order valence-electron chi connectivity index (χ3n) is 4.89. The van der Waals surface area contributed by atoms with Crippen LogP contribution in [0, 0.1) is 0 Å². The number of rotatable bonds is 1. The van der Waals surface area contributed by atoms with Crippen LogP contribution in [0.1, 0.15) is 51.4 Å². The zero-order valence-electron chi connectivity index (χ0n) is 9.80. The van der Waals surface area contributed by atoms with Crippen LogP contribution in [0.3, 0.4) is 0 Å². The number of nitrogens with zero attached hydrogens (tertiary/aromatic N) is 1. The van der Waals surface area contributed by atoms with E-state index in [9.17, 15) is 0 Å². The molecule has 0 aromatic heterocycles. The van der Waals surface area contributed by atoms with Gasteiger partial charge in [0.15, 0.2) is 0 Å². The molecule has 0 aromatic carbocycles. The molecule has 1 atom stereocenters. The molecule has 3 rings (SSSR count). The molecule has 2 aliphatic heterocycles. The van der Waals surface area contributed by atoms with Gasteiger partial charge in [-0.25, -0.2) is 0 Å². The van der Waals surface area contributed by atoms with E-state index in [0.29, 0.717) is 5.54 Å². The highest BCUT2D eigenvalue weighted by Gasteiger charge is 2.47. The van der Waals surface area contributed by atoms with Gasteiger partial charge in [0.25, 0.3) is 0 Å². The Balaban J connectivity index is 1.65. The van der Waals surface area contributed by atoms with Crippen molar-refractivity contribution in [3.63, 3.8) is 0 Å². The molecule has 0 radical (unpaired) electrons. The molecule has 3 aliphatic rings. The van der Waals surface area contributed by atoms with Crippen molar-refractivity contribution in [3.8, 4) is 0 Å². The summed E-state index contributed by atoms with van der Waals surface area (Å²) in [6, 6.07) is 0.937. The average Bonchev–Trinajstić information content (AvgIpc) is 2.30. The summed E-state index contributed by atoms with van der Waals surface area (Å²) < 4.78 is 0. The summed E-state index contributed by atoms with van der Waals surface area (Å²) in [7, 11) is 0. The second kappa shape index (κ2) is 4.06. The molecule has 86 valence electrons. The summed E-state index contributed by atoms with van der Waals surface area (Å²) >= 11 is 0. The number of likely N-dealkylation sites (tertiary alicyclic amines) is 1. The predicted molar refractivity (Wildman–Crippen MR) is 63.0 cm³/mol. The van der Waals surface area contributed by atoms with Gasteiger partial charge in [0.1, 0.15) is 0 Å². The van der Waals surface area contributed by atoms with Gasteiger partial charge in [-0.05, 0) is 38.6 Å². The number of nitrogens with one attached hydrogen (secondary N) is 1. The van der Waals surface area contributed by atoms with Crippen LogP contribution in [0.2, 0.25) is 0 Å². The Hall–Kier alpha value is -0.0800. The third kappa shape index (κ3) is 1.72. The molecular weight excluding hydrogens is 184 g/mol. The minimum Gasteiger partial charge on any atom is -0.315 e. The molecule has 0 aromatic rings. The molecule has 2 saturated heterocycles. The molecule has 1 aliphatic carbocycles. The van der Waals surface area contributed by atoms with Gasteiger partial charge in [-0.2, -0.15) is 0 Å². The Bertz CT molecular complexity index is 215. The van der Waals surface area contributed by atoms with Gasteiger partial charge in [-0.3, -0.25) is 4.90 Å². The summed E-state index contributed by atoms with van der Waals surface area (Å²) in [6.45, 7) is 3.90. The fraction of sp³-hybridized carbons (Fsp3) is 1.00. The molecule has 1 N–H and O–H groups in total. The minimum absolute atomic E-state index is 0.597. The fourth-order valence-electron chi connectivity index (χ4n) is 3.93. The van der Waals surface area contributed by atoms with Gasteiger partial charge < -0.3 is 5.32 Å². The van der Waals surface area contributed by atoms with E-state index in [0.717, 1.165) is 6.04 Å². The molecular formula is C13H24N2. The molecule has 2 nitrogen and oxygen atoms in total. The lowest BCUT2D eigenvalue weighted by Crippen LogP contribution is -2.69. The monoisotopic (exact) mass is 208 g/mol. The molecule has 1 saturated carbocycles. The Labute approximate surface area is 93.4 Å². The van der Waals surface area contributed by atoms with Crippen LogP contribution in [0.25, 0.3) is 0 Å². The molecule has 3 fully saturated rings. The largest absolute Gasteiger partial charge is 0.315 e. The van der Waals surface area contributed by atoms with E-state index < -0.39 is 0 Å². The van der Waals surface area contributed by atoms with Gasteiger partial charge >= 0.3 is 0 Å². The normalized spacial score (nSPS) is 39.2. The van der Waals surface area contributed by atoms with Crippen molar-refractivity contribution >= 4 is 0 Å². The van der Waals surface area contributed by atoms with Crippen LogP contribution in [0.15, 0.2) is 0 Å². The molecule has 0 bridgehead atoms. The molecule has 2 heterocycles. The van der Waals surface area contributed by atoms with E-state index in [2.05, 4.69) is 10.2 Å². The standard InChI is InChI=1S/C13H24N2/c1-2-5-12(6-3-1)15-10-8-13(15)7-4-9-14-11-13/h12,14H,1-11H2/t13-/m1/s1. The SMILES string of the molecule is C1CCC(N2CC[C@@]23CCCNC3)CC1. The first-order chi connectivity index (χ1) is 7.41. The zero-order valence-corrected chi connectivity index (χ0v) is 9.80. The Morgan fingerprint density at radius 2 is 1.87 bits per heavy atom. The lowest BCUT2D eigenvalue weighted by Gasteiger charge is -2.59. The maximum absolute atomic E-state index is 3.60. The summed E-state index contributed by atoms with van der Waals surface area (Å²) in [5.74, 6) is 0. The molecule has 0 amide bonds. The van der Waals surface area contributed by atoms with E-state index >= 15 is 0 Å². The smallest absolute Gasteiger partial charge is 0.0349 e. The number of hydrogen-bond donors (Lipinski definition) is 1. The van der Waals surface area contributed by atoms with Crippen molar-refractivity contribution < 1.29 is 0 Å². The van der Waals surface area contributed by atoms with Crippen molar-refractivity contribution in [1.29, 1.82) is 0 Å². The average molecular weight is 208 g/mol. The van der Waals surface area contributed by atoms with Crippen LogP contribution in [0.4, 0.5) is 0 Å². The van der Waals surface area contributed by atoms with E-state index in [1.807, 2.05) is 0 Å². The van der Waals surface area contributed by atoms with E-state index in [-0.39, 0.29) is 0 Å². The first-order valence-corrected chi connectivity index (χ1v) is 6.88. The molecule has 15 heavy (non-hydrogen) atoms. The molecule has 0 unspecified atom stereocenters. The Morgan fingerprint density at radius 1 is 1.00 bits per heavy atom. The second-order valence-electron chi connectivity index (χ2n) is 5.74. The van der Waals surface area contributed by atoms with Crippen molar-refractivity contribution in [2.24, 2.45) is 0 Å². The summed E-state index contributed by atoms with van der Waals surface area (Å²) in [5, 5.41) is 3.60. The molecule has 1 spiro atoms. The Morgan fingerprint density at radius 3 is 2.47 bits per heavy atom. The minimum atomic E-state index is 0.597. The maximum atomic E-state index is 3.60. The zero-order chi connectivity index (χ0) is 10.1. The quantitative estimate of drug-likeness (QED) is 0.710. The number of piperidine rings is 1. The van der Waals surface area contributed by atoms with Gasteiger partial charge in [-0.15, -0.1) is 0 Å². The van der Waals surface area contributed by atoms with E-state index in [1.165, 1.54) is 71.0 Å². The summed E-state index contributed by atoms with van der Waals surface area (Å²) in [6.07, 6.45) is 11.7. The highest BCUT2D eigenvalue weighted by atomic mass is 15.3. The lowest BCUT2D eigenvalue weighted by molar-refractivity contribution is -0.0734. The van der Waals surface area contributed by atoms with Gasteiger partial charge in [0, 0.05) is 24.7 Å². The van der Waals surface area contributed by atoms with Gasteiger partial charge in [0.05, 0.1) is 0 Å². The van der Waals surface area contributed by atoms with Crippen LogP contribution in [-0.4, -0.2) is 36.1 Å². The van der Waals surface area contributed by atoms with Crippen LogP contribution in [-0.2, 0) is 0 Å².